The van der Waals surface area contributed by atoms with Crippen molar-refractivity contribution in [1.82, 2.24) is 30.3 Å². The number of unbranched alkanes of at least 4 members (excludes halogenated alkanes) is 1. The van der Waals surface area contributed by atoms with Gasteiger partial charge in [0.2, 0.25) is 11.0 Å². The van der Waals surface area contributed by atoms with Crippen LogP contribution in [0.25, 0.3) is 5.69 Å². The van der Waals surface area contributed by atoms with Crippen molar-refractivity contribution in [3.63, 3.8) is 0 Å². The molecular weight excluding hydrogens is 336 g/mol. The van der Waals surface area contributed by atoms with E-state index in [1.54, 1.807) is 4.68 Å². The molecule has 0 radical (unpaired) electrons. The molecular formula is C17H22N6OS. The van der Waals surface area contributed by atoms with E-state index in [1.807, 2.05) is 13.0 Å². The summed E-state index contributed by atoms with van der Waals surface area (Å²) in [5.41, 5.74) is 3.39. The maximum Gasteiger partial charge on any atom is 0.239 e. The van der Waals surface area contributed by atoms with Crippen LogP contribution in [0.2, 0.25) is 0 Å². The number of tetrazole rings is 1. The monoisotopic (exact) mass is 358 g/mol. The van der Waals surface area contributed by atoms with Crippen molar-refractivity contribution in [2.75, 3.05) is 0 Å². The summed E-state index contributed by atoms with van der Waals surface area (Å²) in [6, 6.07) is 6.17. The summed E-state index contributed by atoms with van der Waals surface area (Å²) in [4.78, 5) is 4.48. The zero-order valence-corrected chi connectivity index (χ0v) is 15.7. The minimum absolute atomic E-state index is 0.0285. The zero-order valence-electron chi connectivity index (χ0n) is 14.9. The molecule has 7 nitrogen and oxygen atoms in total. The molecule has 0 N–H and O–H groups in total. The highest BCUT2D eigenvalue weighted by Gasteiger charge is 2.20. The molecule has 0 saturated heterocycles. The highest BCUT2D eigenvalue weighted by atomic mass is 32.2. The van der Waals surface area contributed by atoms with Gasteiger partial charge in [0, 0.05) is 6.42 Å². The molecule has 0 aliphatic rings. The Balaban J connectivity index is 1.76. The van der Waals surface area contributed by atoms with Crippen LogP contribution >= 0.6 is 11.8 Å². The van der Waals surface area contributed by atoms with Gasteiger partial charge in [-0.2, -0.15) is 9.67 Å². The molecule has 0 bridgehead atoms. The quantitative estimate of drug-likeness (QED) is 0.593. The van der Waals surface area contributed by atoms with E-state index in [0.717, 1.165) is 30.8 Å². The lowest BCUT2D eigenvalue weighted by atomic mass is 10.1. The van der Waals surface area contributed by atoms with Crippen LogP contribution in [0.15, 0.2) is 27.9 Å². The van der Waals surface area contributed by atoms with E-state index in [9.17, 15) is 0 Å². The Morgan fingerprint density at radius 1 is 1.24 bits per heavy atom. The van der Waals surface area contributed by atoms with Gasteiger partial charge < -0.3 is 4.52 Å². The second-order valence-electron chi connectivity index (χ2n) is 6.05. The summed E-state index contributed by atoms with van der Waals surface area (Å²) in [5, 5.41) is 16.8. The van der Waals surface area contributed by atoms with Crippen molar-refractivity contribution in [2.24, 2.45) is 0 Å². The summed E-state index contributed by atoms with van der Waals surface area (Å²) in [6.45, 7) is 8.32. The molecule has 3 rings (SSSR count). The van der Waals surface area contributed by atoms with E-state index in [1.165, 1.54) is 22.9 Å². The maximum atomic E-state index is 5.39. The van der Waals surface area contributed by atoms with Gasteiger partial charge in [0.25, 0.3) is 0 Å². The molecule has 1 unspecified atom stereocenters. The Morgan fingerprint density at radius 3 is 2.84 bits per heavy atom. The number of rotatable bonds is 7. The van der Waals surface area contributed by atoms with Gasteiger partial charge in [-0.1, -0.05) is 36.3 Å². The molecule has 132 valence electrons. The number of nitrogens with zero attached hydrogens (tertiary/aromatic N) is 6. The van der Waals surface area contributed by atoms with Crippen LogP contribution in [-0.4, -0.2) is 30.3 Å². The SMILES string of the molecule is CCCCc1noc(C(C)Sc2nnnn2-c2ccc(C)c(C)c2)n1. The lowest BCUT2D eigenvalue weighted by Gasteiger charge is -2.08. The Morgan fingerprint density at radius 2 is 2.08 bits per heavy atom. The van der Waals surface area contributed by atoms with Gasteiger partial charge in [-0.15, -0.1) is 5.10 Å². The Labute approximate surface area is 151 Å². The predicted molar refractivity (Wildman–Crippen MR) is 95.8 cm³/mol. The van der Waals surface area contributed by atoms with Gasteiger partial charge in [-0.25, -0.2) is 0 Å². The standard InChI is InChI=1S/C17H22N6OS/c1-5-6-7-15-18-16(24-20-15)13(4)25-17-19-21-22-23(17)14-9-8-11(2)12(3)10-14/h8-10,13H,5-7H2,1-4H3. The summed E-state index contributed by atoms with van der Waals surface area (Å²) in [6.07, 6.45) is 3.02. The first-order valence-electron chi connectivity index (χ1n) is 8.43. The van der Waals surface area contributed by atoms with E-state index in [2.05, 4.69) is 58.6 Å². The van der Waals surface area contributed by atoms with Gasteiger partial charge in [-0.3, -0.25) is 0 Å². The number of hydrogen-bond donors (Lipinski definition) is 0. The van der Waals surface area contributed by atoms with Gasteiger partial charge in [0.05, 0.1) is 10.9 Å². The third kappa shape index (κ3) is 4.07. The summed E-state index contributed by atoms with van der Waals surface area (Å²) in [7, 11) is 0. The summed E-state index contributed by atoms with van der Waals surface area (Å²) < 4.78 is 7.13. The van der Waals surface area contributed by atoms with Crippen molar-refractivity contribution in [1.29, 1.82) is 0 Å². The second kappa shape index (κ2) is 7.77. The van der Waals surface area contributed by atoms with Crippen molar-refractivity contribution < 1.29 is 4.52 Å². The molecule has 8 heteroatoms. The number of hydrogen-bond acceptors (Lipinski definition) is 7. The van der Waals surface area contributed by atoms with Crippen molar-refractivity contribution >= 4 is 11.8 Å². The third-order valence-corrected chi connectivity index (χ3v) is 5.06. The highest BCUT2D eigenvalue weighted by Crippen LogP contribution is 2.33. The minimum Gasteiger partial charge on any atom is -0.338 e. The Bertz CT molecular complexity index is 843. The first kappa shape index (κ1) is 17.6. The Hall–Kier alpha value is -2.22. The molecule has 25 heavy (non-hydrogen) atoms. The van der Waals surface area contributed by atoms with Crippen LogP contribution in [0.5, 0.6) is 0 Å². The van der Waals surface area contributed by atoms with Crippen LogP contribution in [0, 0.1) is 13.8 Å². The first-order chi connectivity index (χ1) is 12.1. The van der Waals surface area contributed by atoms with Crippen LogP contribution in [0.1, 0.15) is 54.8 Å². The molecule has 0 spiro atoms. The smallest absolute Gasteiger partial charge is 0.239 e. The van der Waals surface area contributed by atoms with Crippen molar-refractivity contribution in [2.45, 2.75) is 57.4 Å². The normalized spacial score (nSPS) is 12.5. The molecule has 0 aliphatic carbocycles. The van der Waals surface area contributed by atoms with E-state index in [-0.39, 0.29) is 5.25 Å². The lowest BCUT2D eigenvalue weighted by Crippen LogP contribution is -2.01. The zero-order chi connectivity index (χ0) is 17.8. The molecule has 0 fully saturated rings. The van der Waals surface area contributed by atoms with Crippen molar-refractivity contribution in [3.05, 3.63) is 41.0 Å². The van der Waals surface area contributed by atoms with Crippen LogP contribution in [-0.2, 0) is 6.42 Å². The van der Waals surface area contributed by atoms with Crippen LogP contribution in [0.4, 0.5) is 0 Å². The molecule has 1 aromatic carbocycles. The fraction of sp³-hybridized carbons (Fsp3) is 0.471. The number of aryl methyl sites for hydroxylation is 3. The van der Waals surface area contributed by atoms with Crippen LogP contribution < -0.4 is 0 Å². The molecule has 1 atom stereocenters. The molecule has 0 aliphatic heterocycles. The molecule has 2 heterocycles. The number of benzene rings is 1. The number of aromatic nitrogens is 6. The molecule has 0 saturated carbocycles. The first-order valence-corrected chi connectivity index (χ1v) is 9.31. The summed E-state index contributed by atoms with van der Waals surface area (Å²) >= 11 is 1.50. The van der Waals surface area contributed by atoms with E-state index < -0.39 is 0 Å². The second-order valence-corrected chi connectivity index (χ2v) is 7.36. The topological polar surface area (TPSA) is 82.5 Å². The largest absolute Gasteiger partial charge is 0.338 e. The van der Waals surface area contributed by atoms with Gasteiger partial charge in [0.15, 0.2) is 5.82 Å². The minimum atomic E-state index is -0.0285. The number of thioether (sulfide) groups is 1. The average Bonchev–Trinajstić information content (AvgIpc) is 3.25. The Kier molecular flexibility index (Phi) is 5.47. The fourth-order valence-electron chi connectivity index (χ4n) is 2.35. The molecule has 0 amide bonds. The van der Waals surface area contributed by atoms with Gasteiger partial charge in [0.1, 0.15) is 0 Å². The highest BCUT2D eigenvalue weighted by molar-refractivity contribution is 7.99. The molecule has 3 aromatic rings. The van der Waals surface area contributed by atoms with Gasteiger partial charge >= 0.3 is 0 Å². The van der Waals surface area contributed by atoms with E-state index >= 15 is 0 Å². The molecule has 2 aromatic heterocycles. The lowest BCUT2D eigenvalue weighted by molar-refractivity contribution is 0.374. The average molecular weight is 358 g/mol. The van der Waals surface area contributed by atoms with Crippen molar-refractivity contribution in [3.8, 4) is 5.69 Å². The van der Waals surface area contributed by atoms with Gasteiger partial charge in [-0.05, 0) is 60.9 Å². The maximum absolute atomic E-state index is 5.39. The van der Waals surface area contributed by atoms with Crippen LogP contribution in [0.3, 0.4) is 0 Å². The fourth-order valence-corrected chi connectivity index (χ4v) is 3.19. The summed E-state index contributed by atoms with van der Waals surface area (Å²) in [5.74, 6) is 1.36. The predicted octanol–water partition coefficient (Wildman–Crippen LogP) is 3.86. The van der Waals surface area contributed by atoms with E-state index in [4.69, 9.17) is 4.52 Å². The van der Waals surface area contributed by atoms with E-state index in [0.29, 0.717) is 11.0 Å². The third-order valence-electron chi connectivity index (χ3n) is 4.04.